The highest BCUT2D eigenvalue weighted by atomic mass is 79.9. The van der Waals surface area contributed by atoms with Crippen molar-refractivity contribution in [2.45, 2.75) is 12.6 Å². The minimum absolute atomic E-state index is 0.0181. The summed E-state index contributed by atoms with van der Waals surface area (Å²) in [5.41, 5.74) is -0.631. The number of fused-ring (bicyclic) bond motifs is 1. The summed E-state index contributed by atoms with van der Waals surface area (Å²) in [6.45, 7) is 1.42. The Labute approximate surface area is 174 Å². The fourth-order valence-electron chi connectivity index (χ4n) is 2.87. The Morgan fingerprint density at radius 2 is 1.86 bits per heavy atom. The van der Waals surface area contributed by atoms with E-state index in [2.05, 4.69) is 31.2 Å². The maximum absolute atomic E-state index is 14.4. The molecule has 0 radical (unpaired) electrons. The fraction of sp³-hybridized carbons (Fsp3) is 0.300. The highest BCUT2D eigenvalue weighted by Crippen LogP contribution is 2.35. The summed E-state index contributed by atoms with van der Waals surface area (Å²) in [6, 6.07) is 7.91. The summed E-state index contributed by atoms with van der Waals surface area (Å²) in [7, 11) is 3.91. The first-order valence-corrected chi connectivity index (χ1v) is 9.67. The standard InChI is InChI=1S/C20H19BrF4N4/c1-29(2)8-4-7-26-19-15-5-3-6-16(22)17(15)27-18(28-19)12-9-13(20(23,24)25)11-14(21)10-12/h3,5-6,9-11H,4,7-8H2,1-2H3,(H,26,27,28). The lowest BCUT2D eigenvalue weighted by atomic mass is 10.1. The number of rotatable bonds is 6. The molecule has 1 aromatic heterocycles. The SMILES string of the molecule is CN(C)CCCNc1nc(-c2cc(Br)cc(C(F)(F)F)c2)nc2c(F)cccc12. The van der Waals surface area contributed by atoms with E-state index in [0.717, 1.165) is 25.1 Å². The second-order valence-corrected chi connectivity index (χ2v) is 7.76. The molecule has 3 rings (SSSR count). The van der Waals surface area contributed by atoms with Crippen LogP contribution in [-0.2, 0) is 6.18 Å². The first kappa shape index (κ1) is 21.4. The molecule has 0 spiro atoms. The van der Waals surface area contributed by atoms with E-state index in [1.54, 1.807) is 12.1 Å². The average molecular weight is 471 g/mol. The number of nitrogens with one attached hydrogen (secondary N) is 1. The van der Waals surface area contributed by atoms with E-state index in [0.29, 0.717) is 17.7 Å². The summed E-state index contributed by atoms with van der Waals surface area (Å²) in [5, 5.41) is 3.64. The van der Waals surface area contributed by atoms with Crippen molar-refractivity contribution < 1.29 is 17.6 Å². The molecule has 0 saturated heterocycles. The number of para-hydroxylation sites is 1. The van der Waals surface area contributed by atoms with Gasteiger partial charge >= 0.3 is 6.18 Å². The third-order valence-electron chi connectivity index (χ3n) is 4.24. The van der Waals surface area contributed by atoms with Crippen LogP contribution in [0.3, 0.4) is 0 Å². The molecule has 29 heavy (non-hydrogen) atoms. The number of aromatic nitrogens is 2. The summed E-state index contributed by atoms with van der Waals surface area (Å²) < 4.78 is 54.2. The highest BCUT2D eigenvalue weighted by Gasteiger charge is 2.31. The molecule has 4 nitrogen and oxygen atoms in total. The van der Waals surface area contributed by atoms with E-state index in [1.807, 2.05) is 19.0 Å². The van der Waals surface area contributed by atoms with Crippen molar-refractivity contribution in [2.24, 2.45) is 0 Å². The number of benzene rings is 2. The summed E-state index contributed by atoms with van der Waals surface area (Å²) in [5.74, 6) is -0.158. The quantitative estimate of drug-likeness (QED) is 0.377. The van der Waals surface area contributed by atoms with E-state index in [9.17, 15) is 17.6 Å². The molecule has 0 fully saturated rings. The molecule has 154 valence electrons. The molecule has 1 heterocycles. The molecular weight excluding hydrogens is 452 g/mol. The van der Waals surface area contributed by atoms with Gasteiger partial charge in [-0.15, -0.1) is 0 Å². The third kappa shape index (κ3) is 5.22. The minimum Gasteiger partial charge on any atom is -0.369 e. The summed E-state index contributed by atoms with van der Waals surface area (Å²) in [4.78, 5) is 10.6. The monoisotopic (exact) mass is 470 g/mol. The van der Waals surface area contributed by atoms with Gasteiger partial charge in [0.25, 0.3) is 0 Å². The van der Waals surface area contributed by atoms with Crippen LogP contribution in [0.15, 0.2) is 40.9 Å². The van der Waals surface area contributed by atoms with Gasteiger partial charge in [-0.1, -0.05) is 22.0 Å². The Morgan fingerprint density at radius 1 is 1.10 bits per heavy atom. The molecule has 0 bridgehead atoms. The van der Waals surface area contributed by atoms with Crippen molar-refractivity contribution in [2.75, 3.05) is 32.5 Å². The maximum atomic E-state index is 14.4. The Kier molecular flexibility index (Phi) is 6.38. The van der Waals surface area contributed by atoms with Crippen molar-refractivity contribution >= 4 is 32.7 Å². The van der Waals surface area contributed by atoms with Gasteiger partial charge in [0, 0.05) is 22.0 Å². The smallest absolute Gasteiger partial charge is 0.369 e. The summed E-state index contributed by atoms with van der Waals surface area (Å²) >= 11 is 3.10. The molecule has 0 aliphatic carbocycles. The Bertz CT molecular complexity index is 1020. The first-order chi connectivity index (χ1) is 13.6. The predicted octanol–water partition coefficient (Wildman–Crippen LogP) is 5.58. The topological polar surface area (TPSA) is 41.0 Å². The zero-order chi connectivity index (χ0) is 21.2. The zero-order valence-corrected chi connectivity index (χ0v) is 17.4. The number of halogens is 5. The van der Waals surface area contributed by atoms with Gasteiger partial charge in [-0.05, 0) is 57.4 Å². The van der Waals surface area contributed by atoms with Crippen LogP contribution in [0.1, 0.15) is 12.0 Å². The van der Waals surface area contributed by atoms with Crippen molar-refractivity contribution in [1.29, 1.82) is 0 Å². The molecule has 0 atom stereocenters. The van der Waals surface area contributed by atoms with E-state index in [4.69, 9.17) is 0 Å². The van der Waals surface area contributed by atoms with Crippen LogP contribution in [0.2, 0.25) is 0 Å². The zero-order valence-electron chi connectivity index (χ0n) is 15.8. The van der Waals surface area contributed by atoms with Gasteiger partial charge in [-0.25, -0.2) is 14.4 Å². The van der Waals surface area contributed by atoms with Gasteiger partial charge in [0.05, 0.1) is 5.56 Å². The van der Waals surface area contributed by atoms with Crippen LogP contribution in [0.5, 0.6) is 0 Å². The maximum Gasteiger partial charge on any atom is 0.416 e. The van der Waals surface area contributed by atoms with Gasteiger partial charge in [0.1, 0.15) is 17.2 Å². The van der Waals surface area contributed by atoms with Crippen LogP contribution in [0.25, 0.3) is 22.3 Å². The van der Waals surface area contributed by atoms with Crippen molar-refractivity contribution in [3.63, 3.8) is 0 Å². The average Bonchev–Trinajstić information content (AvgIpc) is 2.64. The number of nitrogens with zero attached hydrogens (tertiary/aromatic N) is 3. The Hall–Kier alpha value is -2.26. The lowest BCUT2D eigenvalue weighted by molar-refractivity contribution is -0.137. The van der Waals surface area contributed by atoms with E-state index < -0.39 is 17.6 Å². The van der Waals surface area contributed by atoms with E-state index in [-0.39, 0.29) is 21.4 Å². The lowest BCUT2D eigenvalue weighted by Gasteiger charge is -2.14. The van der Waals surface area contributed by atoms with Crippen LogP contribution in [0.4, 0.5) is 23.4 Å². The minimum atomic E-state index is -4.52. The van der Waals surface area contributed by atoms with Gasteiger partial charge in [0.2, 0.25) is 0 Å². The molecular formula is C20H19BrF4N4. The fourth-order valence-corrected chi connectivity index (χ4v) is 3.36. The largest absolute Gasteiger partial charge is 0.416 e. The molecule has 0 aliphatic heterocycles. The summed E-state index contributed by atoms with van der Waals surface area (Å²) in [6.07, 6.45) is -3.70. The van der Waals surface area contributed by atoms with E-state index in [1.165, 1.54) is 12.1 Å². The second kappa shape index (κ2) is 8.62. The molecule has 2 aromatic carbocycles. The molecule has 0 aliphatic rings. The molecule has 1 N–H and O–H groups in total. The molecule has 0 unspecified atom stereocenters. The first-order valence-electron chi connectivity index (χ1n) is 8.88. The lowest BCUT2D eigenvalue weighted by Crippen LogP contribution is -2.17. The van der Waals surface area contributed by atoms with Gasteiger partial charge < -0.3 is 10.2 Å². The second-order valence-electron chi connectivity index (χ2n) is 6.84. The van der Waals surface area contributed by atoms with Crippen molar-refractivity contribution in [1.82, 2.24) is 14.9 Å². The van der Waals surface area contributed by atoms with Crippen molar-refractivity contribution in [3.8, 4) is 11.4 Å². The molecule has 9 heteroatoms. The Balaban J connectivity index is 2.07. The van der Waals surface area contributed by atoms with Gasteiger partial charge in [0.15, 0.2) is 5.82 Å². The molecule has 3 aromatic rings. The highest BCUT2D eigenvalue weighted by molar-refractivity contribution is 9.10. The van der Waals surface area contributed by atoms with E-state index >= 15 is 0 Å². The molecule has 0 saturated carbocycles. The van der Waals surface area contributed by atoms with Crippen LogP contribution >= 0.6 is 15.9 Å². The van der Waals surface area contributed by atoms with Gasteiger partial charge in [-0.2, -0.15) is 13.2 Å². The number of hydrogen-bond acceptors (Lipinski definition) is 4. The third-order valence-corrected chi connectivity index (χ3v) is 4.69. The van der Waals surface area contributed by atoms with Gasteiger partial charge in [-0.3, -0.25) is 0 Å². The number of anilines is 1. The number of hydrogen-bond donors (Lipinski definition) is 1. The van der Waals surface area contributed by atoms with Crippen LogP contribution in [-0.4, -0.2) is 42.1 Å². The Morgan fingerprint density at radius 3 is 2.55 bits per heavy atom. The predicted molar refractivity (Wildman–Crippen MR) is 109 cm³/mol. The van der Waals surface area contributed by atoms with Crippen LogP contribution in [0, 0.1) is 5.82 Å². The molecule has 0 amide bonds. The number of alkyl halides is 3. The normalized spacial score (nSPS) is 12.0. The van der Waals surface area contributed by atoms with Crippen molar-refractivity contribution in [3.05, 3.63) is 52.3 Å². The van der Waals surface area contributed by atoms with Crippen LogP contribution < -0.4 is 5.32 Å².